The molecule has 0 radical (unpaired) electrons. The highest BCUT2D eigenvalue weighted by Crippen LogP contribution is 2.24. The van der Waals surface area contributed by atoms with Crippen molar-refractivity contribution >= 4 is 68.2 Å². The van der Waals surface area contributed by atoms with E-state index in [9.17, 15) is 14.4 Å². The quantitative estimate of drug-likeness (QED) is 0.165. The summed E-state index contributed by atoms with van der Waals surface area (Å²) in [5, 5.41) is 3.25. The van der Waals surface area contributed by atoms with Crippen molar-refractivity contribution in [2.45, 2.75) is 64.4 Å². The number of nitrogens with zero attached hydrogens (tertiary/aromatic N) is 5. The third-order valence-electron chi connectivity index (χ3n) is 8.03. The van der Waals surface area contributed by atoms with E-state index in [0.717, 1.165) is 42.7 Å². The molecule has 6 aromatic heterocycles. The van der Waals surface area contributed by atoms with E-state index < -0.39 is 0 Å². The van der Waals surface area contributed by atoms with Gasteiger partial charge in [0.2, 0.25) is 0 Å². The number of aromatic nitrogens is 6. The summed E-state index contributed by atoms with van der Waals surface area (Å²) in [5.41, 5.74) is 3.91. The van der Waals surface area contributed by atoms with E-state index in [0.29, 0.717) is 29.4 Å². The van der Waals surface area contributed by atoms with Crippen LogP contribution in [0.25, 0.3) is 33.1 Å². The average molecular weight is 836 g/mol. The molecule has 0 aliphatic rings. The number of hydrogen-bond donors (Lipinski definition) is 1. The Labute approximate surface area is 353 Å². The first-order valence-electron chi connectivity index (χ1n) is 19.1. The fourth-order valence-electron chi connectivity index (χ4n) is 5.57. The van der Waals surface area contributed by atoms with Crippen LogP contribution in [0.15, 0.2) is 158 Å². The molecule has 6 heterocycles. The summed E-state index contributed by atoms with van der Waals surface area (Å²) < 4.78 is 3.36. The first kappa shape index (κ1) is 46.9. The predicted molar refractivity (Wildman–Crippen MR) is 248 cm³/mol. The normalized spacial score (nSPS) is 9.95. The van der Waals surface area contributed by atoms with E-state index in [-0.39, 0.29) is 16.7 Å². The second-order valence-electron chi connectivity index (χ2n) is 11.4. The molecule has 58 heavy (non-hydrogen) atoms. The van der Waals surface area contributed by atoms with E-state index >= 15 is 0 Å². The largest absolute Gasteiger partial charge is 0.307 e. The minimum Gasteiger partial charge on any atom is -0.307 e. The first-order valence-corrected chi connectivity index (χ1v) is 22.0. The van der Waals surface area contributed by atoms with Crippen molar-refractivity contribution in [2.75, 3.05) is 12.5 Å². The zero-order valence-corrected chi connectivity index (χ0v) is 36.7. The number of rotatable bonds is 6. The zero-order chi connectivity index (χ0) is 42.5. The lowest BCUT2D eigenvalue weighted by Crippen LogP contribution is -2.21. The highest BCUT2D eigenvalue weighted by atomic mass is 35.5. The van der Waals surface area contributed by atoms with Gasteiger partial charge in [0.05, 0.1) is 18.1 Å². The van der Waals surface area contributed by atoms with Crippen LogP contribution >= 0.6 is 35.1 Å². The van der Waals surface area contributed by atoms with Gasteiger partial charge >= 0.3 is 0 Å². The van der Waals surface area contributed by atoms with Crippen LogP contribution in [0.4, 0.5) is 0 Å². The van der Waals surface area contributed by atoms with E-state index in [2.05, 4.69) is 19.9 Å². The first-order chi connectivity index (χ1) is 28.4. The highest BCUT2D eigenvalue weighted by Gasteiger charge is 2.10. The highest BCUT2D eigenvalue weighted by molar-refractivity contribution is 7.99. The molecule has 0 atom stereocenters. The number of aromatic amines is 1. The minimum atomic E-state index is -0.139. The summed E-state index contributed by atoms with van der Waals surface area (Å²) in [4.78, 5) is 53.0. The lowest BCUT2D eigenvalue weighted by atomic mass is 10.2. The Hall–Kier alpha value is -5.49. The van der Waals surface area contributed by atoms with Crippen LogP contribution in [0, 0.1) is 0 Å². The molecule has 9 nitrogen and oxygen atoms in total. The average Bonchev–Trinajstić information content (AvgIpc) is 3.29. The van der Waals surface area contributed by atoms with Crippen LogP contribution in [-0.2, 0) is 13.1 Å². The van der Waals surface area contributed by atoms with Crippen molar-refractivity contribution in [3.8, 4) is 0 Å². The Morgan fingerprint density at radius 1 is 0.534 bits per heavy atom. The molecule has 0 saturated heterocycles. The summed E-state index contributed by atoms with van der Waals surface area (Å²) in [6.45, 7) is 13.0. The molecule has 8 rings (SSSR count). The fraction of sp³-hybridized carbons (Fsp3) is 0.217. The topological polar surface area (TPSA) is 116 Å². The molecule has 0 saturated carbocycles. The Morgan fingerprint density at radius 3 is 1.48 bits per heavy atom. The van der Waals surface area contributed by atoms with Gasteiger partial charge in [0.1, 0.15) is 16.9 Å². The van der Waals surface area contributed by atoms with Gasteiger partial charge in [-0.2, -0.15) is 0 Å². The molecule has 0 bridgehead atoms. The Balaban J connectivity index is 0.000000222. The molecular weight excluding hydrogens is 784 g/mol. The van der Waals surface area contributed by atoms with Gasteiger partial charge in [0, 0.05) is 62.7 Å². The minimum absolute atomic E-state index is 0.00981. The van der Waals surface area contributed by atoms with E-state index in [1.165, 1.54) is 6.07 Å². The smallest absolute Gasteiger partial charge is 0.253 e. The molecule has 12 heteroatoms. The molecule has 2 aromatic carbocycles. The maximum atomic E-state index is 12.3. The molecule has 0 aliphatic heterocycles. The van der Waals surface area contributed by atoms with Crippen molar-refractivity contribution in [2.24, 2.45) is 0 Å². The summed E-state index contributed by atoms with van der Waals surface area (Å²) >= 11 is 9.21. The molecule has 1 N–H and O–H groups in total. The number of nitrogens with one attached hydrogen (secondary N) is 1. The maximum Gasteiger partial charge on any atom is 0.253 e. The van der Waals surface area contributed by atoms with Gasteiger partial charge in [0.15, 0.2) is 0 Å². The van der Waals surface area contributed by atoms with Gasteiger partial charge in [-0.3, -0.25) is 23.5 Å². The second-order valence-corrected chi connectivity index (χ2v) is 13.5. The van der Waals surface area contributed by atoms with Crippen molar-refractivity contribution < 1.29 is 0 Å². The Morgan fingerprint density at radius 2 is 0.966 bits per heavy atom. The molecule has 8 aromatic rings. The van der Waals surface area contributed by atoms with Gasteiger partial charge in [-0.05, 0) is 60.0 Å². The van der Waals surface area contributed by atoms with Crippen LogP contribution in [0.1, 0.15) is 52.7 Å². The summed E-state index contributed by atoms with van der Waals surface area (Å²) in [7, 11) is 0. The summed E-state index contributed by atoms with van der Waals surface area (Å²) in [5.74, 6) is 0. The monoisotopic (exact) mass is 834 g/mol. The third-order valence-corrected chi connectivity index (χ3v) is 9.90. The van der Waals surface area contributed by atoms with Crippen molar-refractivity contribution in [3.05, 3.63) is 181 Å². The maximum absolute atomic E-state index is 12.3. The number of fused-ring (bicyclic) bond motifs is 3. The van der Waals surface area contributed by atoms with Crippen LogP contribution in [0.5, 0.6) is 0 Å². The van der Waals surface area contributed by atoms with Crippen LogP contribution in [-0.4, -0.2) is 41.6 Å². The summed E-state index contributed by atoms with van der Waals surface area (Å²) in [6.07, 6.45) is 8.99. The van der Waals surface area contributed by atoms with Crippen molar-refractivity contribution in [1.82, 2.24) is 29.1 Å². The van der Waals surface area contributed by atoms with Gasteiger partial charge in [-0.1, -0.05) is 114 Å². The third kappa shape index (κ3) is 12.5. The zero-order valence-electron chi connectivity index (χ0n) is 34.3. The SMILES string of the molecule is CC.CC.CC.CSc1cc(=O)[nH]c2ncccc12.CSc1cc(=O)n(Cc2ccccc2)c2ncccc12.O=c1cc(Cl)c2cccnc2n1Cc1ccccc1. The van der Waals surface area contributed by atoms with Gasteiger partial charge in [0.25, 0.3) is 16.7 Å². The number of thioether (sulfide) groups is 2. The predicted octanol–water partition coefficient (Wildman–Crippen LogP) is 11.0. The van der Waals surface area contributed by atoms with Crippen LogP contribution in [0.2, 0.25) is 5.02 Å². The number of halogens is 1. The van der Waals surface area contributed by atoms with Crippen LogP contribution < -0.4 is 16.7 Å². The standard InChI is InChI=1S/C16H14N2OS.C15H11ClN2O.C9H8N2OS.3C2H6/c1-20-14-10-15(19)18(11-12-6-3-2-4-7-12)16-13(14)8-5-9-17-16;16-13-9-14(19)18(10-11-5-2-1-3-6-11)15-12(13)7-4-8-17-15;1-13-7-5-8(12)11-9-6(7)3-2-4-10-9;3*1-2/h2-10H,11H2,1H3;1-9H,10H2;2-5H,1H3,(H,10,11,12);3*1-2H3. The van der Waals surface area contributed by atoms with Crippen molar-refractivity contribution in [3.63, 3.8) is 0 Å². The number of hydrogen-bond acceptors (Lipinski definition) is 8. The molecule has 0 aliphatic carbocycles. The van der Waals surface area contributed by atoms with Gasteiger partial charge in [-0.25, -0.2) is 15.0 Å². The van der Waals surface area contributed by atoms with E-state index in [1.807, 2.05) is 151 Å². The Bertz CT molecular complexity index is 2650. The summed E-state index contributed by atoms with van der Waals surface area (Å²) in [6, 6.07) is 35.9. The van der Waals surface area contributed by atoms with E-state index in [4.69, 9.17) is 11.6 Å². The van der Waals surface area contributed by atoms with E-state index in [1.54, 1.807) is 63.4 Å². The number of benzene rings is 2. The lowest BCUT2D eigenvalue weighted by Gasteiger charge is -2.11. The van der Waals surface area contributed by atoms with Gasteiger partial charge < -0.3 is 4.98 Å². The van der Waals surface area contributed by atoms with Crippen LogP contribution in [0.3, 0.4) is 0 Å². The molecule has 302 valence electrons. The van der Waals surface area contributed by atoms with Gasteiger partial charge in [-0.15, -0.1) is 23.5 Å². The van der Waals surface area contributed by atoms with Crippen molar-refractivity contribution in [1.29, 1.82) is 0 Å². The Kier molecular flexibility index (Phi) is 20.2. The lowest BCUT2D eigenvalue weighted by molar-refractivity contribution is 0.779. The second kappa shape index (κ2) is 25.0. The molecule has 0 unspecified atom stereocenters. The molecule has 0 fully saturated rings. The molecule has 0 amide bonds. The molecular formula is C46H51ClN6O3S2. The fourth-order valence-corrected chi connectivity index (χ4v) is 7.02. The number of pyridine rings is 6. The molecule has 0 spiro atoms. The number of H-pyrrole nitrogens is 1.